The van der Waals surface area contributed by atoms with Crippen LogP contribution in [0.1, 0.15) is 6.42 Å². The summed E-state index contributed by atoms with van der Waals surface area (Å²) in [4.78, 5) is 0. The van der Waals surface area contributed by atoms with Crippen molar-refractivity contribution in [1.82, 2.24) is 5.32 Å². The molecule has 2 aliphatic rings. The fourth-order valence-electron chi connectivity index (χ4n) is 2.43. The summed E-state index contributed by atoms with van der Waals surface area (Å²) in [6.07, 6.45) is 1.30. The Kier molecular flexibility index (Phi) is 3.55. The van der Waals surface area contributed by atoms with Crippen molar-refractivity contribution >= 4 is 0 Å². The predicted octanol–water partition coefficient (Wildman–Crippen LogP) is 1.12. The van der Waals surface area contributed by atoms with E-state index in [9.17, 15) is 0 Å². The van der Waals surface area contributed by atoms with Crippen molar-refractivity contribution in [3.05, 3.63) is 13.8 Å². The van der Waals surface area contributed by atoms with E-state index in [-0.39, 0.29) is 32.7 Å². The standard InChI is InChI=1S/C9H15N.Y/c1-6-3-8-4-10-5-9(8)7(6)2;/h6-10H,1-5H2;/q-2;. The predicted molar refractivity (Wildman–Crippen MR) is 42.2 cm³/mol. The van der Waals surface area contributed by atoms with Gasteiger partial charge in [-0.25, -0.2) is 0 Å². The molecule has 0 aromatic carbocycles. The molecule has 1 saturated carbocycles. The van der Waals surface area contributed by atoms with Gasteiger partial charge in [0.15, 0.2) is 0 Å². The molecule has 1 radical (unpaired) electrons. The van der Waals surface area contributed by atoms with Crippen molar-refractivity contribution < 1.29 is 32.7 Å². The molecular formula is C9H15NY-2. The van der Waals surface area contributed by atoms with E-state index in [1.165, 1.54) is 19.5 Å². The molecular weight excluding hydrogens is 211 g/mol. The van der Waals surface area contributed by atoms with Crippen molar-refractivity contribution in [3.63, 3.8) is 0 Å². The van der Waals surface area contributed by atoms with Crippen LogP contribution in [0.15, 0.2) is 0 Å². The molecule has 0 bridgehead atoms. The third-order valence-electron chi connectivity index (χ3n) is 3.15. The quantitative estimate of drug-likeness (QED) is 0.610. The van der Waals surface area contributed by atoms with Crippen LogP contribution < -0.4 is 5.32 Å². The van der Waals surface area contributed by atoms with Crippen LogP contribution in [-0.4, -0.2) is 13.1 Å². The largest absolute Gasteiger partial charge is 0.342 e. The van der Waals surface area contributed by atoms with Crippen molar-refractivity contribution in [1.29, 1.82) is 0 Å². The van der Waals surface area contributed by atoms with E-state index in [2.05, 4.69) is 19.2 Å². The van der Waals surface area contributed by atoms with E-state index in [0.717, 1.165) is 11.8 Å². The first kappa shape index (κ1) is 10.1. The summed E-state index contributed by atoms with van der Waals surface area (Å²) in [7, 11) is 0. The summed E-state index contributed by atoms with van der Waals surface area (Å²) >= 11 is 0. The van der Waals surface area contributed by atoms with Crippen molar-refractivity contribution in [2.75, 3.05) is 13.1 Å². The van der Waals surface area contributed by atoms with Crippen LogP contribution in [0.5, 0.6) is 0 Å². The average molecular weight is 226 g/mol. The molecule has 11 heavy (non-hydrogen) atoms. The molecule has 2 fully saturated rings. The van der Waals surface area contributed by atoms with Gasteiger partial charge in [-0.15, -0.1) is 0 Å². The summed E-state index contributed by atoms with van der Waals surface area (Å²) < 4.78 is 0. The summed E-state index contributed by atoms with van der Waals surface area (Å²) in [6.45, 7) is 10.7. The van der Waals surface area contributed by atoms with Crippen LogP contribution in [0, 0.1) is 37.5 Å². The second-order valence-corrected chi connectivity index (χ2v) is 3.74. The molecule has 1 heterocycles. The number of hydrogen-bond acceptors (Lipinski definition) is 1. The molecule has 1 aliphatic carbocycles. The molecule has 0 aromatic rings. The number of nitrogens with one attached hydrogen (secondary N) is 1. The van der Waals surface area contributed by atoms with Gasteiger partial charge in [-0.05, 0) is 19.0 Å². The van der Waals surface area contributed by atoms with E-state index in [0.29, 0.717) is 11.8 Å². The summed E-state index contributed by atoms with van der Waals surface area (Å²) in [6, 6.07) is 0. The van der Waals surface area contributed by atoms with Crippen molar-refractivity contribution in [3.8, 4) is 0 Å². The smallest absolute Gasteiger partial charge is 0 e. The van der Waals surface area contributed by atoms with Crippen LogP contribution in [0.2, 0.25) is 0 Å². The molecule has 0 aromatic heterocycles. The summed E-state index contributed by atoms with van der Waals surface area (Å²) in [5, 5.41) is 3.41. The molecule has 4 atom stereocenters. The Morgan fingerprint density at radius 2 is 1.91 bits per heavy atom. The molecule has 2 heteroatoms. The zero-order chi connectivity index (χ0) is 7.14. The Morgan fingerprint density at radius 3 is 2.55 bits per heavy atom. The minimum absolute atomic E-state index is 0. The number of hydrogen-bond donors (Lipinski definition) is 1. The Labute approximate surface area is 94.6 Å². The Bertz CT molecular complexity index is 136. The van der Waals surface area contributed by atoms with Gasteiger partial charge in [0.25, 0.3) is 0 Å². The first-order valence-corrected chi connectivity index (χ1v) is 4.16. The van der Waals surface area contributed by atoms with Gasteiger partial charge in [-0.2, -0.15) is 11.8 Å². The third kappa shape index (κ3) is 1.71. The second kappa shape index (κ2) is 3.85. The maximum absolute atomic E-state index is 4.16. The Morgan fingerprint density at radius 1 is 1.18 bits per heavy atom. The summed E-state index contributed by atoms with van der Waals surface area (Å²) in [5.74, 6) is 2.96. The average Bonchev–Trinajstić information content (AvgIpc) is 2.41. The molecule has 0 spiro atoms. The first-order valence-electron chi connectivity index (χ1n) is 4.16. The van der Waals surface area contributed by atoms with Gasteiger partial charge in [-0.1, -0.05) is 12.3 Å². The fraction of sp³-hybridized carbons (Fsp3) is 0.778. The van der Waals surface area contributed by atoms with Gasteiger partial charge in [-0.3, -0.25) is 0 Å². The van der Waals surface area contributed by atoms with E-state index in [1.54, 1.807) is 0 Å². The number of fused-ring (bicyclic) bond motifs is 1. The fourth-order valence-corrected chi connectivity index (χ4v) is 2.43. The zero-order valence-electron chi connectivity index (χ0n) is 6.92. The molecule has 61 valence electrons. The SMILES string of the molecule is [CH2-]C1CC2CNCC2C1[CH2-].[Y]. The van der Waals surface area contributed by atoms with E-state index in [1.807, 2.05) is 0 Å². The molecule has 0 amide bonds. The van der Waals surface area contributed by atoms with E-state index < -0.39 is 0 Å². The van der Waals surface area contributed by atoms with Gasteiger partial charge in [0, 0.05) is 32.7 Å². The van der Waals surface area contributed by atoms with Crippen LogP contribution in [0.3, 0.4) is 0 Å². The summed E-state index contributed by atoms with van der Waals surface area (Å²) in [5.41, 5.74) is 0. The molecule has 1 nitrogen and oxygen atoms in total. The Balaban J connectivity index is 0.000000605. The topological polar surface area (TPSA) is 12.0 Å². The molecule has 1 saturated heterocycles. The van der Waals surface area contributed by atoms with Gasteiger partial charge in [0.2, 0.25) is 0 Å². The van der Waals surface area contributed by atoms with Gasteiger partial charge in [0.05, 0.1) is 0 Å². The van der Waals surface area contributed by atoms with Gasteiger partial charge in [0.1, 0.15) is 0 Å². The van der Waals surface area contributed by atoms with Crippen molar-refractivity contribution in [2.45, 2.75) is 6.42 Å². The molecule has 2 rings (SSSR count). The van der Waals surface area contributed by atoms with Crippen LogP contribution >= 0.6 is 0 Å². The first-order chi connectivity index (χ1) is 4.79. The maximum Gasteiger partial charge on any atom is 0 e. The van der Waals surface area contributed by atoms with E-state index >= 15 is 0 Å². The normalized spacial score (nSPS) is 48.5. The van der Waals surface area contributed by atoms with Gasteiger partial charge >= 0.3 is 0 Å². The monoisotopic (exact) mass is 226 g/mol. The number of rotatable bonds is 0. The zero-order valence-corrected chi connectivity index (χ0v) is 9.76. The van der Waals surface area contributed by atoms with Crippen LogP contribution in [0.25, 0.3) is 0 Å². The molecule has 4 unspecified atom stereocenters. The van der Waals surface area contributed by atoms with Crippen LogP contribution in [0.4, 0.5) is 0 Å². The van der Waals surface area contributed by atoms with Crippen LogP contribution in [-0.2, 0) is 32.7 Å². The molecule has 1 N–H and O–H groups in total. The van der Waals surface area contributed by atoms with Gasteiger partial charge < -0.3 is 19.2 Å². The van der Waals surface area contributed by atoms with E-state index in [4.69, 9.17) is 0 Å². The Hall–Kier alpha value is 1.06. The molecule has 1 aliphatic heterocycles. The minimum atomic E-state index is 0. The second-order valence-electron chi connectivity index (χ2n) is 3.74. The minimum Gasteiger partial charge on any atom is -0.342 e. The van der Waals surface area contributed by atoms with Crippen molar-refractivity contribution in [2.24, 2.45) is 23.7 Å². The maximum atomic E-state index is 4.16. The third-order valence-corrected chi connectivity index (χ3v) is 3.15.